The molecule has 7 heteroatoms. The smallest absolute Gasteiger partial charge is 0.266 e. The van der Waals surface area contributed by atoms with Crippen molar-refractivity contribution >= 4 is 0 Å². The van der Waals surface area contributed by atoms with E-state index in [0.717, 1.165) is 42.4 Å². The number of pyridine rings is 1. The van der Waals surface area contributed by atoms with Gasteiger partial charge in [-0.15, -0.1) is 0 Å². The Morgan fingerprint density at radius 3 is 2.61 bits per heavy atom. The Labute approximate surface area is 163 Å². The molecule has 7 nitrogen and oxygen atoms in total. The first-order chi connectivity index (χ1) is 13.7. The van der Waals surface area contributed by atoms with E-state index in [2.05, 4.69) is 20.0 Å². The average Bonchev–Trinajstić information content (AvgIpc) is 3.54. The maximum atomic E-state index is 12.2. The van der Waals surface area contributed by atoms with Gasteiger partial charge in [0.15, 0.2) is 0 Å². The van der Waals surface area contributed by atoms with E-state index < -0.39 is 0 Å². The molecule has 1 saturated carbocycles. The lowest BCUT2D eigenvalue weighted by Crippen LogP contribution is -2.49. The van der Waals surface area contributed by atoms with Crippen LogP contribution in [0.1, 0.15) is 30.3 Å². The van der Waals surface area contributed by atoms with Gasteiger partial charge in [-0.25, -0.2) is 14.6 Å². The Morgan fingerprint density at radius 1 is 1.00 bits per heavy atom. The second-order valence-electron chi connectivity index (χ2n) is 7.72. The average molecular weight is 374 g/mol. The second kappa shape index (κ2) is 7.24. The Balaban J connectivity index is 1.21. The van der Waals surface area contributed by atoms with Crippen molar-refractivity contribution < 1.29 is 0 Å². The van der Waals surface area contributed by atoms with Crippen LogP contribution in [0.2, 0.25) is 0 Å². The predicted octanol–water partition coefficient (Wildman–Crippen LogP) is 2.10. The molecule has 2 fully saturated rings. The molecule has 1 aliphatic heterocycles. The molecule has 1 saturated heterocycles. The van der Waals surface area contributed by atoms with Crippen LogP contribution in [0, 0.1) is 5.92 Å². The van der Waals surface area contributed by atoms with E-state index in [0.29, 0.717) is 18.4 Å². The molecule has 0 unspecified atom stereocenters. The summed E-state index contributed by atoms with van der Waals surface area (Å²) >= 11 is 0. The lowest BCUT2D eigenvalue weighted by molar-refractivity contribution is 0.0754. The largest absolute Gasteiger partial charge is 0.297 e. The van der Waals surface area contributed by atoms with E-state index in [4.69, 9.17) is 4.98 Å². The highest BCUT2D eigenvalue weighted by Crippen LogP contribution is 2.37. The highest BCUT2D eigenvalue weighted by Gasteiger charge is 2.29. The molecular weight excluding hydrogens is 352 g/mol. The van der Waals surface area contributed by atoms with Gasteiger partial charge in [0.2, 0.25) is 0 Å². The molecule has 0 atom stereocenters. The monoisotopic (exact) mass is 374 g/mol. The van der Waals surface area contributed by atoms with E-state index in [1.807, 2.05) is 24.4 Å². The predicted molar refractivity (Wildman–Crippen MR) is 105 cm³/mol. The van der Waals surface area contributed by atoms with Crippen molar-refractivity contribution in [2.45, 2.75) is 31.8 Å². The zero-order chi connectivity index (χ0) is 18.9. The number of hydrogen-bond donors (Lipinski definition) is 0. The van der Waals surface area contributed by atoms with Crippen molar-refractivity contribution in [1.29, 1.82) is 0 Å². The van der Waals surface area contributed by atoms with Gasteiger partial charge in [-0.3, -0.25) is 14.7 Å². The molecular formula is C21H22N6O. The molecule has 0 aromatic carbocycles. The fourth-order valence-corrected chi connectivity index (χ4v) is 3.69. The summed E-state index contributed by atoms with van der Waals surface area (Å²) in [6.45, 7) is 3.40. The van der Waals surface area contributed by atoms with Crippen LogP contribution < -0.4 is 5.56 Å². The lowest BCUT2D eigenvalue weighted by Gasteiger charge is -2.39. The van der Waals surface area contributed by atoms with E-state index in [1.165, 1.54) is 12.8 Å². The van der Waals surface area contributed by atoms with Crippen LogP contribution in [-0.2, 0) is 13.1 Å². The van der Waals surface area contributed by atoms with Crippen LogP contribution >= 0.6 is 0 Å². The van der Waals surface area contributed by atoms with Crippen molar-refractivity contribution in [3.8, 4) is 11.3 Å². The molecule has 3 aromatic rings. The number of aromatic nitrogens is 5. The summed E-state index contributed by atoms with van der Waals surface area (Å²) in [6, 6.07) is 9.18. The quantitative estimate of drug-likeness (QED) is 0.658. The van der Waals surface area contributed by atoms with Gasteiger partial charge in [0, 0.05) is 61.7 Å². The number of likely N-dealkylation sites (tertiary alicyclic amines) is 1. The Hall–Kier alpha value is -2.93. The lowest BCUT2D eigenvalue weighted by atomic mass is 10.00. The number of nitrogens with zero attached hydrogens (tertiary/aromatic N) is 6. The first kappa shape index (κ1) is 17.2. The zero-order valence-electron chi connectivity index (χ0n) is 15.6. The molecule has 142 valence electrons. The summed E-state index contributed by atoms with van der Waals surface area (Å²) in [5, 5.41) is 4.55. The Kier molecular flexibility index (Phi) is 4.44. The van der Waals surface area contributed by atoms with Gasteiger partial charge in [0.1, 0.15) is 5.82 Å². The van der Waals surface area contributed by atoms with Gasteiger partial charge in [-0.2, -0.15) is 5.10 Å². The van der Waals surface area contributed by atoms with Crippen molar-refractivity contribution in [2.24, 2.45) is 5.92 Å². The van der Waals surface area contributed by atoms with Crippen molar-refractivity contribution in [2.75, 3.05) is 13.1 Å². The van der Waals surface area contributed by atoms with Crippen molar-refractivity contribution in [3.05, 3.63) is 70.8 Å². The summed E-state index contributed by atoms with van der Waals surface area (Å²) < 4.78 is 1.59. The summed E-state index contributed by atoms with van der Waals surface area (Å²) in [4.78, 5) is 27.7. The third-order valence-corrected chi connectivity index (χ3v) is 5.37. The van der Waals surface area contributed by atoms with Crippen LogP contribution in [0.4, 0.5) is 0 Å². The molecule has 28 heavy (non-hydrogen) atoms. The van der Waals surface area contributed by atoms with E-state index in [1.54, 1.807) is 29.2 Å². The zero-order valence-corrected chi connectivity index (χ0v) is 15.6. The normalized spacial score (nSPS) is 17.4. The van der Waals surface area contributed by atoms with E-state index in [9.17, 15) is 4.79 Å². The van der Waals surface area contributed by atoms with Gasteiger partial charge in [-0.1, -0.05) is 0 Å². The van der Waals surface area contributed by atoms with Crippen LogP contribution in [0.15, 0.2) is 53.7 Å². The SMILES string of the molecule is O=c1ccc(-c2ccncc2)nn1CC1CN(Cc2ccnc(C3CC3)n2)C1. The highest BCUT2D eigenvalue weighted by molar-refractivity contribution is 5.56. The fraction of sp³-hybridized carbons (Fsp3) is 0.381. The van der Waals surface area contributed by atoms with Gasteiger partial charge >= 0.3 is 0 Å². The molecule has 1 aliphatic carbocycles. The van der Waals surface area contributed by atoms with Crippen molar-refractivity contribution in [3.63, 3.8) is 0 Å². The molecule has 0 N–H and O–H groups in total. The fourth-order valence-electron chi connectivity index (χ4n) is 3.69. The maximum absolute atomic E-state index is 12.2. The van der Waals surface area contributed by atoms with Crippen LogP contribution in [0.3, 0.4) is 0 Å². The summed E-state index contributed by atoms with van der Waals surface area (Å²) in [7, 11) is 0. The van der Waals surface area contributed by atoms with E-state index >= 15 is 0 Å². The molecule has 3 aromatic heterocycles. The molecule has 0 radical (unpaired) electrons. The minimum atomic E-state index is -0.0545. The maximum Gasteiger partial charge on any atom is 0.266 e. The molecule has 0 spiro atoms. The van der Waals surface area contributed by atoms with Crippen molar-refractivity contribution in [1.82, 2.24) is 29.6 Å². The molecule has 5 rings (SSSR count). The van der Waals surface area contributed by atoms with Crippen LogP contribution in [0.5, 0.6) is 0 Å². The van der Waals surface area contributed by atoms with Gasteiger partial charge in [0.25, 0.3) is 5.56 Å². The number of hydrogen-bond acceptors (Lipinski definition) is 6. The molecule has 2 aliphatic rings. The van der Waals surface area contributed by atoms with Gasteiger partial charge in [0.05, 0.1) is 17.9 Å². The van der Waals surface area contributed by atoms with Gasteiger partial charge in [-0.05, 0) is 37.1 Å². The first-order valence-electron chi connectivity index (χ1n) is 9.77. The Bertz CT molecular complexity index is 1020. The third kappa shape index (κ3) is 3.71. The topological polar surface area (TPSA) is 76.8 Å². The minimum absolute atomic E-state index is 0.0545. The minimum Gasteiger partial charge on any atom is -0.297 e. The summed E-state index contributed by atoms with van der Waals surface area (Å²) in [6.07, 6.45) is 7.78. The summed E-state index contributed by atoms with van der Waals surface area (Å²) in [5.41, 5.74) is 2.80. The van der Waals surface area contributed by atoms with Crippen LogP contribution in [-0.4, -0.2) is 42.7 Å². The Morgan fingerprint density at radius 2 is 1.82 bits per heavy atom. The second-order valence-corrected chi connectivity index (χ2v) is 7.72. The van der Waals surface area contributed by atoms with E-state index in [-0.39, 0.29) is 5.56 Å². The van der Waals surface area contributed by atoms with Crippen LogP contribution in [0.25, 0.3) is 11.3 Å². The summed E-state index contributed by atoms with van der Waals surface area (Å²) in [5.74, 6) is 2.01. The third-order valence-electron chi connectivity index (χ3n) is 5.37. The standard InChI is InChI=1S/C21H22N6O/c28-20-4-3-19(16-5-8-22-9-6-16)25-27(20)13-15-11-26(12-15)14-18-7-10-23-21(24-18)17-1-2-17/h3-10,15,17H,1-2,11-14H2. The molecule has 0 bridgehead atoms. The molecule has 0 amide bonds. The number of rotatable bonds is 6. The molecule has 4 heterocycles. The highest BCUT2D eigenvalue weighted by atomic mass is 16.1. The van der Waals surface area contributed by atoms with Gasteiger partial charge < -0.3 is 0 Å². The first-order valence-corrected chi connectivity index (χ1v) is 9.77.